The van der Waals surface area contributed by atoms with E-state index in [0.717, 1.165) is 0 Å². The Hall–Kier alpha value is -3.75. The Labute approximate surface area is 176 Å². The van der Waals surface area contributed by atoms with E-state index in [2.05, 4.69) is 10.4 Å². The van der Waals surface area contributed by atoms with Crippen LogP contribution in [0.2, 0.25) is 0 Å². The Morgan fingerprint density at radius 2 is 2.03 bits per heavy atom. The van der Waals surface area contributed by atoms with Gasteiger partial charge in [0, 0.05) is 24.2 Å². The number of carbonyl (C=O) groups is 2. The van der Waals surface area contributed by atoms with Crippen molar-refractivity contribution in [2.24, 2.45) is 5.92 Å². The van der Waals surface area contributed by atoms with Gasteiger partial charge in [-0.2, -0.15) is 4.73 Å². The lowest BCUT2D eigenvalue weighted by Gasteiger charge is -2.35. The number of ether oxygens (including phenoxy) is 1. The number of rotatable bonds is 3. The van der Waals surface area contributed by atoms with E-state index in [9.17, 15) is 19.2 Å². The fourth-order valence-corrected chi connectivity index (χ4v) is 4.41. The van der Waals surface area contributed by atoms with Crippen LogP contribution >= 0.6 is 0 Å². The Balaban J connectivity index is 1.26. The van der Waals surface area contributed by atoms with E-state index in [1.54, 1.807) is 30.5 Å². The Kier molecular flexibility index (Phi) is 4.46. The number of nitrogens with one attached hydrogen (secondary N) is 1. The highest BCUT2D eigenvalue weighted by Crippen LogP contribution is 2.47. The van der Waals surface area contributed by atoms with Crippen molar-refractivity contribution in [2.45, 2.75) is 31.3 Å². The molecule has 3 aromatic rings. The zero-order chi connectivity index (χ0) is 21.6. The average Bonchev–Trinajstić information content (AvgIpc) is 3.32. The van der Waals surface area contributed by atoms with Gasteiger partial charge >= 0.3 is 5.97 Å². The van der Waals surface area contributed by atoms with Crippen LogP contribution in [-0.4, -0.2) is 21.7 Å². The normalized spacial score (nSPS) is 22.2. The predicted octanol–water partition coefficient (Wildman–Crippen LogP) is 2.84. The van der Waals surface area contributed by atoms with E-state index in [1.165, 1.54) is 29.2 Å². The first-order chi connectivity index (χ1) is 14.9. The highest BCUT2D eigenvalue weighted by Gasteiger charge is 2.50. The molecule has 158 valence electrons. The smallest absolute Gasteiger partial charge is 0.339 e. The molecule has 1 amide bonds. The SMILES string of the molecule is O=C1OC2(CCC(C(=O)Nc3ccn(-c4ccccc4F)n3)CC2)c2c[n+]([O-])ccc21. The van der Waals surface area contributed by atoms with Crippen LogP contribution in [0.15, 0.2) is 55.0 Å². The molecule has 0 saturated heterocycles. The third-order valence-electron chi connectivity index (χ3n) is 6.04. The quantitative estimate of drug-likeness (QED) is 0.397. The van der Waals surface area contributed by atoms with Crippen molar-refractivity contribution < 1.29 is 23.4 Å². The summed E-state index contributed by atoms with van der Waals surface area (Å²) < 4.78 is 21.6. The number of amides is 1. The monoisotopic (exact) mass is 422 g/mol. The lowest BCUT2D eigenvalue weighted by Crippen LogP contribution is -2.37. The Morgan fingerprint density at radius 1 is 1.26 bits per heavy atom. The molecule has 1 fully saturated rings. The number of esters is 1. The van der Waals surface area contributed by atoms with Gasteiger partial charge < -0.3 is 15.3 Å². The van der Waals surface area contributed by atoms with Crippen molar-refractivity contribution in [1.82, 2.24) is 9.78 Å². The number of fused-ring (bicyclic) bond motifs is 2. The minimum atomic E-state index is -0.844. The number of aromatic nitrogens is 3. The van der Waals surface area contributed by atoms with Gasteiger partial charge in [0.2, 0.25) is 5.91 Å². The molecular weight excluding hydrogens is 403 g/mol. The van der Waals surface area contributed by atoms with Crippen molar-refractivity contribution in [2.75, 3.05) is 5.32 Å². The molecular formula is C22H19FN4O4. The van der Waals surface area contributed by atoms with Crippen LogP contribution in [0.25, 0.3) is 5.69 Å². The average molecular weight is 422 g/mol. The summed E-state index contributed by atoms with van der Waals surface area (Å²) in [5.41, 5.74) is 0.453. The molecule has 0 unspecified atom stereocenters. The molecule has 2 aliphatic rings. The summed E-state index contributed by atoms with van der Waals surface area (Å²) in [4.78, 5) is 25.0. The molecule has 0 bridgehead atoms. The van der Waals surface area contributed by atoms with Gasteiger partial charge in [0.25, 0.3) is 0 Å². The lowest BCUT2D eigenvalue weighted by molar-refractivity contribution is -0.606. The van der Waals surface area contributed by atoms with Gasteiger partial charge in [0.15, 0.2) is 18.2 Å². The van der Waals surface area contributed by atoms with Crippen LogP contribution in [0.3, 0.4) is 0 Å². The molecule has 1 aliphatic heterocycles. The van der Waals surface area contributed by atoms with Gasteiger partial charge in [-0.1, -0.05) is 12.1 Å². The van der Waals surface area contributed by atoms with Crippen molar-refractivity contribution in [1.29, 1.82) is 0 Å². The van der Waals surface area contributed by atoms with Gasteiger partial charge in [-0.05, 0) is 37.8 Å². The molecule has 1 spiro atoms. The number of hydrogen-bond acceptors (Lipinski definition) is 5. The summed E-state index contributed by atoms with van der Waals surface area (Å²) in [5, 5.41) is 18.7. The summed E-state index contributed by atoms with van der Waals surface area (Å²) in [6, 6.07) is 9.33. The van der Waals surface area contributed by atoms with E-state index in [1.807, 2.05) is 0 Å². The van der Waals surface area contributed by atoms with Gasteiger partial charge in [0.05, 0.1) is 11.1 Å². The number of pyridine rings is 1. The van der Waals surface area contributed by atoms with Crippen molar-refractivity contribution in [3.63, 3.8) is 0 Å². The van der Waals surface area contributed by atoms with Crippen LogP contribution in [0.1, 0.15) is 41.6 Å². The second kappa shape index (κ2) is 7.19. The maximum absolute atomic E-state index is 13.9. The van der Waals surface area contributed by atoms with Gasteiger partial charge in [0.1, 0.15) is 17.1 Å². The van der Waals surface area contributed by atoms with Gasteiger partial charge in [-0.15, -0.1) is 5.10 Å². The lowest BCUT2D eigenvalue weighted by atomic mass is 9.75. The maximum Gasteiger partial charge on any atom is 0.339 e. The first-order valence-corrected chi connectivity index (χ1v) is 10.0. The zero-order valence-electron chi connectivity index (χ0n) is 16.5. The third kappa shape index (κ3) is 3.31. The second-order valence-corrected chi connectivity index (χ2v) is 7.88. The largest absolute Gasteiger partial charge is 0.619 e. The first kappa shape index (κ1) is 19.2. The number of anilines is 1. The van der Waals surface area contributed by atoms with Crippen molar-refractivity contribution >= 4 is 17.7 Å². The van der Waals surface area contributed by atoms with E-state index < -0.39 is 17.4 Å². The molecule has 0 atom stereocenters. The summed E-state index contributed by atoms with van der Waals surface area (Å²) in [6.45, 7) is 0. The molecule has 1 aromatic carbocycles. The number of nitrogens with zero attached hydrogens (tertiary/aromatic N) is 3. The number of carbonyl (C=O) groups excluding carboxylic acids is 2. The Morgan fingerprint density at radius 3 is 2.81 bits per heavy atom. The van der Waals surface area contributed by atoms with Crippen LogP contribution < -0.4 is 10.0 Å². The molecule has 9 heteroatoms. The fraction of sp³-hybridized carbons (Fsp3) is 0.273. The molecule has 8 nitrogen and oxygen atoms in total. The molecule has 3 heterocycles. The van der Waals surface area contributed by atoms with Crippen LogP contribution in [0.5, 0.6) is 0 Å². The van der Waals surface area contributed by atoms with Crippen LogP contribution in [0.4, 0.5) is 10.2 Å². The van der Waals surface area contributed by atoms with Crippen LogP contribution in [0, 0.1) is 16.9 Å². The molecule has 1 N–H and O–H groups in total. The number of halogens is 1. The second-order valence-electron chi connectivity index (χ2n) is 7.88. The third-order valence-corrected chi connectivity index (χ3v) is 6.04. The summed E-state index contributed by atoms with van der Waals surface area (Å²) >= 11 is 0. The van der Waals surface area contributed by atoms with Gasteiger partial charge in [-0.25, -0.2) is 13.9 Å². The molecule has 5 rings (SSSR count). The summed E-state index contributed by atoms with van der Waals surface area (Å²) in [7, 11) is 0. The fourth-order valence-electron chi connectivity index (χ4n) is 4.41. The maximum atomic E-state index is 13.9. The molecule has 2 aromatic heterocycles. The first-order valence-electron chi connectivity index (χ1n) is 10.0. The van der Waals surface area contributed by atoms with Crippen molar-refractivity contribution in [3.05, 3.63) is 77.1 Å². The number of hydrogen-bond donors (Lipinski definition) is 1. The highest BCUT2D eigenvalue weighted by atomic mass is 19.1. The van der Waals surface area contributed by atoms with E-state index in [-0.39, 0.29) is 11.8 Å². The van der Waals surface area contributed by atoms with E-state index in [0.29, 0.717) is 53.0 Å². The minimum absolute atomic E-state index is 0.190. The van der Waals surface area contributed by atoms with E-state index in [4.69, 9.17) is 4.74 Å². The zero-order valence-corrected chi connectivity index (χ0v) is 16.5. The van der Waals surface area contributed by atoms with Crippen molar-refractivity contribution in [3.8, 4) is 5.69 Å². The highest BCUT2D eigenvalue weighted by molar-refractivity contribution is 5.95. The van der Waals surface area contributed by atoms with Gasteiger partial charge in [-0.3, -0.25) is 4.79 Å². The topological polar surface area (TPSA) is 100 Å². The minimum Gasteiger partial charge on any atom is -0.619 e. The standard InChI is InChI=1S/C22H19FN4O4/c23-17-3-1-2-4-18(17)27-12-8-19(25-27)24-20(28)14-5-9-22(10-6-14)16-13-26(30)11-7-15(16)21(29)31-22/h1-4,7-8,11-14H,5-6,9-10H2,(H,24,25,28). The van der Waals surface area contributed by atoms with Crippen LogP contribution in [-0.2, 0) is 15.1 Å². The summed E-state index contributed by atoms with van der Waals surface area (Å²) in [5.74, 6) is -0.984. The molecule has 1 saturated carbocycles. The van der Waals surface area contributed by atoms with E-state index >= 15 is 0 Å². The molecule has 1 aliphatic carbocycles. The Bertz CT molecular complexity index is 1180. The molecule has 31 heavy (non-hydrogen) atoms. The summed E-state index contributed by atoms with van der Waals surface area (Å²) in [6.07, 6.45) is 6.15. The molecule has 0 radical (unpaired) electrons. The predicted molar refractivity (Wildman–Crippen MR) is 107 cm³/mol. The number of benzene rings is 1. The number of para-hydroxylation sites is 1.